The number of benzene rings is 1. The van der Waals surface area contributed by atoms with Crippen LogP contribution >= 0.6 is 23.2 Å². The molecule has 0 bridgehead atoms. The van der Waals surface area contributed by atoms with Crippen molar-refractivity contribution >= 4 is 34.8 Å². The molecule has 3 rings (SSSR count). The van der Waals surface area contributed by atoms with Crippen LogP contribution in [0.15, 0.2) is 18.2 Å². The molecule has 2 aliphatic rings. The second-order valence-electron chi connectivity index (χ2n) is 7.31. The molecule has 6 heteroatoms. The van der Waals surface area contributed by atoms with Gasteiger partial charge in [0.2, 0.25) is 5.91 Å². The van der Waals surface area contributed by atoms with Gasteiger partial charge in [-0.05, 0) is 56.7 Å². The Morgan fingerprint density at radius 2 is 1.76 bits per heavy atom. The molecular weight excluding hydrogens is 357 g/mol. The van der Waals surface area contributed by atoms with Gasteiger partial charge in [0.1, 0.15) is 0 Å². The number of piperazine rings is 1. The number of anilines is 1. The van der Waals surface area contributed by atoms with Gasteiger partial charge in [-0.2, -0.15) is 0 Å². The second kappa shape index (κ2) is 8.61. The molecule has 0 radical (unpaired) electrons. The number of rotatable bonds is 5. The molecule has 25 heavy (non-hydrogen) atoms. The zero-order valence-electron chi connectivity index (χ0n) is 14.6. The lowest BCUT2D eigenvalue weighted by Crippen LogP contribution is -2.47. The summed E-state index contributed by atoms with van der Waals surface area (Å²) in [5, 5.41) is 1.27. The molecule has 1 aromatic rings. The van der Waals surface area contributed by atoms with Gasteiger partial charge in [-0.1, -0.05) is 29.3 Å². The van der Waals surface area contributed by atoms with Gasteiger partial charge in [0.25, 0.3) is 0 Å². The van der Waals surface area contributed by atoms with Crippen molar-refractivity contribution < 1.29 is 4.79 Å². The van der Waals surface area contributed by atoms with Gasteiger partial charge in [-0.25, -0.2) is 0 Å². The van der Waals surface area contributed by atoms with Gasteiger partial charge in [0.15, 0.2) is 0 Å². The molecule has 1 aromatic carbocycles. The SMILES string of the molecule is NC(=O)C1CCC(CCN2CCN(c3cccc(Cl)c3Cl)CC2)CC1. The molecule has 0 spiro atoms. The van der Waals surface area contributed by atoms with Gasteiger partial charge in [-0.3, -0.25) is 9.69 Å². The molecule has 0 atom stereocenters. The smallest absolute Gasteiger partial charge is 0.220 e. The van der Waals surface area contributed by atoms with E-state index < -0.39 is 0 Å². The fourth-order valence-corrected chi connectivity index (χ4v) is 4.46. The Bertz CT molecular complexity index is 594. The number of primary amides is 1. The quantitative estimate of drug-likeness (QED) is 0.840. The van der Waals surface area contributed by atoms with Crippen LogP contribution in [0.25, 0.3) is 0 Å². The van der Waals surface area contributed by atoms with Crippen molar-refractivity contribution in [3.8, 4) is 0 Å². The van der Waals surface area contributed by atoms with Crippen molar-refractivity contribution in [2.75, 3.05) is 37.6 Å². The molecule has 4 nitrogen and oxygen atoms in total. The van der Waals surface area contributed by atoms with E-state index in [1.54, 1.807) is 0 Å². The van der Waals surface area contributed by atoms with E-state index in [-0.39, 0.29) is 11.8 Å². The number of hydrogen-bond donors (Lipinski definition) is 1. The van der Waals surface area contributed by atoms with Crippen molar-refractivity contribution in [2.24, 2.45) is 17.6 Å². The maximum Gasteiger partial charge on any atom is 0.220 e. The standard InChI is InChI=1S/C19H27Cl2N3O/c20-16-2-1-3-17(18(16)21)24-12-10-23(11-13-24)9-8-14-4-6-15(7-5-14)19(22)25/h1-3,14-15H,4-13H2,(H2,22,25). The highest BCUT2D eigenvalue weighted by molar-refractivity contribution is 6.43. The van der Waals surface area contributed by atoms with Gasteiger partial charge in [-0.15, -0.1) is 0 Å². The largest absolute Gasteiger partial charge is 0.369 e. The summed E-state index contributed by atoms with van der Waals surface area (Å²) in [5.74, 6) is 0.743. The number of halogens is 2. The van der Waals surface area contributed by atoms with Crippen LogP contribution in [0, 0.1) is 11.8 Å². The minimum Gasteiger partial charge on any atom is -0.369 e. The molecule has 2 fully saturated rings. The molecule has 2 N–H and O–H groups in total. The first-order chi connectivity index (χ1) is 12.0. The monoisotopic (exact) mass is 383 g/mol. The van der Waals surface area contributed by atoms with Crippen LogP contribution in [0.2, 0.25) is 10.0 Å². The summed E-state index contributed by atoms with van der Waals surface area (Å²) < 4.78 is 0. The minimum atomic E-state index is -0.116. The molecule has 1 amide bonds. The average molecular weight is 384 g/mol. The molecule has 1 aliphatic heterocycles. The zero-order chi connectivity index (χ0) is 17.8. The van der Waals surface area contributed by atoms with Crippen LogP contribution in [0.1, 0.15) is 32.1 Å². The number of amides is 1. The second-order valence-corrected chi connectivity index (χ2v) is 8.10. The molecule has 1 aliphatic carbocycles. The first-order valence-electron chi connectivity index (χ1n) is 9.25. The van der Waals surface area contributed by atoms with Crippen molar-refractivity contribution in [1.29, 1.82) is 0 Å². The Balaban J connectivity index is 1.41. The van der Waals surface area contributed by atoms with E-state index in [1.165, 1.54) is 6.42 Å². The Morgan fingerprint density at radius 3 is 2.40 bits per heavy atom. The molecule has 0 unspecified atom stereocenters. The number of nitrogens with zero attached hydrogens (tertiary/aromatic N) is 2. The summed E-state index contributed by atoms with van der Waals surface area (Å²) in [4.78, 5) is 16.1. The first-order valence-corrected chi connectivity index (χ1v) is 10.0. The average Bonchev–Trinajstić information content (AvgIpc) is 2.63. The molecule has 138 valence electrons. The third-order valence-electron chi connectivity index (χ3n) is 5.75. The first kappa shape index (κ1) is 18.8. The lowest BCUT2D eigenvalue weighted by Gasteiger charge is -2.37. The zero-order valence-corrected chi connectivity index (χ0v) is 16.1. The normalized spacial score (nSPS) is 25.1. The van der Waals surface area contributed by atoms with Crippen molar-refractivity contribution in [1.82, 2.24) is 4.90 Å². The van der Waals surface area contributed by atoms with Gasteiger partial charge in [0, 0.05) is 32.1 Å². The van der Waals surface area contributed by atoms with Gasteiger partial charge in [0.05, 0.1) is 15.7 Å². The Morgan fingerprint density at radius 1 is 1.08 bits per heavy atom. The topological polar surface area (TPSA) is 49.6 Å². The highest BCUT2D eigenvalue weighted by Gasteiger charge is 2.25. The van der Waals surface area contributed by atoms with Crippen molar-refractivity contribution in [3.63, 3.8) is 0 Å². The van der Waals surface area contributed by atoms with Crippen LogP contribution in [-0.4, -0.2) is 43.5 Å². The summed E-state index contributed by atoms with van der Waals surface area (Å²) in [6.07, 6.45) is 5.46. The summed E-state index contributed by atoms with van der Waals surface area (Å²) in [6, 6.07) is 5.83. The third-order valence-corrected chi connectivity index (χ3v) is 6.56. The fourth-order valence-electron chi connectivity index (χ4n) is 4.05. The Hall–Kier alpha value is -0.970. The lowest BCUT2D eigenvalue weighted by atomic mass is 9.80. The third kappa shape index (κ3) is 4.81. The van der Waals surface area contributed by atoms with E-state index in [2.05, 4.69) is 9.80 Å². The van der Waals surface area contributed by atoms with Gasteiger partial charge >= 0.3 is 0 Å². The van der Waals surface area contributed by atoms with E-state index in [0.717, 1.165) is 70.0 Å². The molecule has 1 heterocycles. The van der Waals surface area contributed by atoms with E-state index in [1.807, 2.05) is 18.2 Å². The van der Waals surface area contributed by atoms with E-state index in [4.69, 9.17) is 28.9 Å². The number of nitrogens with two attached hydrogens (primary N) is 1. The molecule has 1 saturated heterocycles. The predicted octanol–water partition coefficient (Wildman–Crippen LogP) is 3.80. The van der Waals surface area contributed by atoms with Crippen molar-refractivity contribution in [3.05, 3.63) is 28.2 Å². The van der Waals surface area contributed by atoms with Crippen LogP contribution in [0.5, 0.6) is 0 Å². The molecule has 1 saturated carbocycles. The molecule has 0 aromatic heterocycles. The van der Waals surface area contributed by atoms with Crippen LogP contribution in [0.3, 0.4) is 0 Å². The highest BCUT2D eigenvalue weighted by atomic mass is 35.5. The van der Waals surface area contributed by atoms with E-state index in [0.29, 0.717) is 10.0 Å². The lowest BCUT2D eigenvalue weighted by molar-refractivity contribution is -0.122. The Kier molecular flexibility index (Phi) is 6.48. The summed E-state index contributed by atoms with van der Waals surface area (Å²) in [6.45, 7) is 5.21. The summed E-state index contributed by atoms with van der Waals surface area (Å²) in [5.41, 5.74) is 6.46. The van der Waals surface area contributed by atoms with E-state index in [9.17, 15) is 4.79 Å². The van der Waals surface area contributed by atoms with E-state index >= 15 is 0 Å². The maximum absolute atomic E-state index is 11.3. The molecular formula is C19H27Cl2N3O. The summed E-state index contributed by atoms with van der Waals surface area (Å²) in [7, 11) is 0. The van der Waals surface area contributed by atoms with Crippen molar-refractivity contribution in [2.45, 2.75) is 32.1 Å². The van der Waals surface area contributed by atoms with Crippen LogP contribution < -0.4 is 10.6 Å². The van der Waals surface area contributed by atoms with Crippen LogP contribution in [-0.2, 0) is 4.79 Å². The number of hydrogen-bond acceptors (Lipinski definition) is 3. The minimum absolute atomic E-state index is 0.113. The number of carbonyl (C=O) groups excluding carboxylic acids is 1. The fraction of sp³-hybridized carbons (Fsp3) is 0.632. The maximum atomic E-state index is 11.3. The van der Waals surface area contributed by atoms with Crippen LogP contribution in [0.4, 0.5) is 5.69 Å². The highest BCUT2D eigenvalue weighted by Crippen LogP contribution is 2.33. The summed E-state index contributed by atoms with van der Waals surface area (Å²) >= 11 is 12.5. The number of carbonyl (C=O) groups is 1. The Labute approximate surface area is 160 Å². The predicted molar refractivity (Wildman–Crippen MR) is 104 cm³/mol. The van der Waals surface area contributed by atoms with Gasteiger partial charge < -0.3 is 10.6 Å².